The van der Waals surface area contributed by atoms with E-state index in [0.29, 0.717) is 12.2 Å². The highest BCUT2D eigenvalue weighted by Crippen LogP contribution is 2.36. The topological polar surface area (TPSA) is 54.5 Å². The molecule has 1 aromatic carbocycles. The largest absolute Gasteiger partial charge is 0.496 e. The first kappa shape index (κ1) is 18.2. The minimum Gasteiger partial charge on any atom is -0.496 e. The number of alkyl halides is 3. The number of carbonyl (C=O) groups is 1. The molecule has 0 spiro atoms. The number of fused-ring (bicyclic) bond motifs is 1. The van der Waals surface area contributed by atoms with Gasteiger partial charge >= 0.3 is 6.18 Å². The molecule has 1 N–H and O–H groups in total. The number of aromatic nitrogens is 1. The van der Waals surface area contributed by atoms with Gasteiger partial charge in [-0.05, 0) is 36.9 Å². The number of likely N-dealkylation sites (N-methyl/N-ethyl adjacent to an activating group) is 1. The number of halogens is 3. The summed E-state index contributed by atoms with van der Waals surface area (Å²) in [6, 6.07) is 5.03. The predicted molar refractivity (Wildman–Crippen MR) is 90.2 cm³/mol. The van der Waals surface area contributed by atoms with E-state index in [-0.39, 0.29) is 11.3 Å². The van der Waals surface area contributed by atoms with Crippen LogP contribution in [0.1, 0.15) is 27.2 Å². The number of methoxy groups -OCH3 is 1. The maximum atomic E-state index is 13.1. The molecule has 2 heterocycles. The second-order valence-electron chi connectivity index (χ2n) is 6.18. The van der Waals surface area contributed by atoms with Gasteiger partial charge in [-0.15, -0.1) is 0 Å². The van der Waals surface area contributed by atoms with Crippen molar-refractivity contribution < 1.29 is 22.7 Å². The first-order chi connectivity index (χ1) is 12.3. The second-order valence-corrected chi connectivity index (χ2v) is 6.18. The van der Waals surface area contributed by atoms with Gasteiger partial charge in [-0.1, -0.05) is 0 Å². The summed E-state index contributed by atoms with van der Waals surface area (Å²) in [6.07, 6.45) is -2.26. The van der Waals surface area contributed by atoms with Crippen LogP contribution in [0.4, 0.5) is 18.9 Å². The van der Waals surface area contributed by atoms with Crippen molar-refractivity contribution in [2.24, 2.45) is 0 Å². The Kier molecular flexibility index (Phi) is 4.86. The quantitative estimate of drug-likeness (QED) is 0.906. The molecule has 0 radical (unpaired) electrons. The average molecular weight is 365 g/mol. The Labute approximate surface area is 148 Å². The van der Waals surface area contributed by atoms with Gasteiger partial charge in [-0.2, -0.15) is 13.2 Å². The summed E-state index contributed by atoms with van der Waals surface area (Å²) in [5, 5.41) is 2.61. The molecule has 26 heavy (non-hydrogen) atoms. The molecule has 8 heteroatoms. The highest BCUT2D eigenvalue weighted by molar-refractivity contribution is 6.04. The third-order valence-corrected chi connectivity index (χ3v) is 4.26. The molecule has 3 rings (SSSR count). The Hall–Kier alpha value is -2.61. The van der Waals surface area contributed by atoms with E-state index >= 15 is 0 Å². The number of nitrogens with one attached hydrogen (secondary N) is 1. The van der Waals surface area contributed by atoms with E-state index in [2.05, 4.69) is 15.2 Å². The summed E-state index contributed by atoms with van der Waals surface area (Å²) < 4.78 is 44.0. The van der Waals surface area contributed by atoms with E-state index in [1.165, 1.54) is 12.3 Å². The maximum absolute atomic E-state index is 13.1. The molecule has 1 aliphatic heterocycles. The van der Waals surface area contributed by atoms with E-state index in [9.17, 15) is 18.0 Å². The number of ether oxygens (including phenoxy) is 1. The molecule has 1 aromatic heterocycles. The molecule has 0 atom stereocenters. The van der Waals surface area contributed by atoms with Crippen LogP contribution in [0.3, 0.4) is 0 Å². The third kappa shape index (κ3) is 3.80. The van der Waals surface area contributed by atoms with Crippen LogP contribution in [-0.4, -0.2) is 36.5 Å². The standard InChI is InChI=1S/C18H18F3N3O2/c1-24-6-5-15-12(10-24)7-13(9-22-15)23-17(25)11-3-4-16(26-2)14(8-11)18(19,20)21/h3-4,7-9H,5-6,10H2,1-2H3,(H,23,25). The minimum absolute atomic E-state index is 0.104. The Bertz CT molecular complexity index is 837. The minimum atomic E-state index is -4.61. The molecule has 1 aliphatic rings. The van der Waals surface area contributed by atoms with Crippen molar-refractivity contribution in [2.45, 2.75) is 19.1 Å². The number of carbonyl (C=O) groups excluding carboxylic acids is 1. The SMILES string of the molecule is COc1ccc(C(=O)Nc2cnc3c(c2)CN(C)CC3)cc1C(F)(F)F. The van der Waals surface area contributed by atoms with Crippen LogP contribution in [0.15, 0.2) is 30.5 Å². The van der Waals surface area contributed by atoms with Gasteiger partial charge in [0.15, 0.2) is 0 Å². The lowest BCUT2D eigenvalue weighted by Crippen LogP contribution is -2.27. The van der Waals surface area contributed by atoms with E-state index in [1.54, 1.807) is 0 Å². The molecule has 2 aromatic rings. The first-order valence-corrected chi connectivity index (χ1v) is 8.01. The monoisotopic (exact) mass is 365 g/mol. The zero-order valence-corrected chi connectivity index (χ0v) is 14.4. The molecule has 0 saturated carbocycles. The average Bonchev–Trinajstić information content (AvgIpc) is 2.60. The summed E-state index contributed by atoms with van der Waals surface area (Å²) in [7, 11) is 3.14. The molecule has 0 bridgehead atoms. The number of hydrogen-bond acceptors (Lipinski definition) is 4. The van der Waals surface area contributed by atoms with Crippen LogP contribution in [0, 0.1) is 0 Å². The number of benzene rings is 1. The van der Waals surface area contributed by atoms with Gasteiger partial charge in [-0.3, -0.25) is 9.78 Å². The van der Waals surface area contributed by atoms with Crippen molar-refractivity contribution in [3.05, 3.63) is 52.8 Å². The molecule has 0 aliphatic carbocycles. The fraction of sp³-hybridized carbons (Fsp3) is 0.333. The van der Waals surface area contributed by atoms with Gasteiger partial charge in [0, 0.05) is 30.8 Å². The molecule has 0 fully saturated rings. The van der Waals surface area contributed by atoms with E-state index < -0.39 is 17.6 Å². The van der Waals surface area contributed by atoms with Crippen molar-refractivity contribution in [1.82, 2.24) is 9.88 Å². The number of hydrogen-bond donors (Lipinski definition) is 1. The Morgan fingerprint density at radius 1 is 1.31 bits per heavy atom. The maximum Gasteiger partial charge on any atom is 0.419 e. The molecular formula is C18H18F3N3O2. The summed E-state index contributed by atoms with van der Waals surface area (Å²) >= 11 is 0. The lowest BCUT2D eigenvalue weighted by molar-refractivity contribution is -0.138. The van der Waals surface area contributed by atoms with Crippen LogP contribution in [-0.2, 0) is 19.1 Å². The molecule has 0 unspecified atom stereocenters. The van der Waals surface area contributed by atoms with E-state index in [1.807, 2.05) is 13.1 Å². The van der Waals surface area contributed by atoms with Gasteiger partial charge in [0.25, 0.3) is 5.91 Å². The summed E-state index contributed by atoms with van der Waals surface area (Å²) in [5.74, 6) is -0.961. The van der Waals surface area contributed by atoms with Crippen LogP contribution < -0.4 is 10.1 Å². The second kappa shape index (κ2) is 6.95. The number of anilines is 1. The fourth-order valence-corrected chi connectivity index (χ4v) is 2.91. The van der Waals surface area contributed by atoms with Gasteiger partial charge in [-0.25, -0.2) is 0 Å². The summed E-state index contributed by atoms with van der Waals surface area (Å²) in [5.41, 5.74) is 1.34. The lowest BCUT2D eigenvalue weighted by Gasteiger charge is -2.24. The van der Waals surface area contributed by atoms with E-state index in [0.717, 1.165) is 43.5 Å². The molecular weight excluding hydrogens is 347 g/mol. The van der Waals surface area contributed by atoms with Crippen LogP contribution >= 0.6 is 0 Å². The number of nitrogens with zero attached hydrogens (tertiary/aromatic N) is 2. The third-order valence-electron chi connectivity index (χ3n) is 4.26. The lowest BCUT2D eigenvalue weighted by atomic mass is 10.1. The Morgan fingerprint density at radius 3 is 2.77 bits per heavy atom. The molecule has 138 valence electrons. The summed E-state index contributed by atoms with van der Waals surface area (Å²) in [4.78, 5) is 18.8. The number of rotatable bonds is 3. The van der Waals surface area contributed by atoms with Gasteiger partial charge in [0.2, 0.25) is 0 Å². The van der Waals surface area contributed by atoms with Crippen molar-refractivity contribution in [3.63, 3.8) is 0 Å². The van der Waals surface area contributed by atoms with Crippen LogP contribution in [0.5, 0.6) is 5.75 Å². The Morgan fingerprint density at radius 2 is 2.08 bits per heavy atom. The van der Waals surface area contributed by atoms with Crippen molar-refractivity contribution in [1.29, 1.82) is 0 Å². The van der Waals surface area contributed by atoms with Gasteiger partial charge in [0.05, 0.1) is 24.6 Å². The van der Waals surface area contributed by atoms with Crippen molar-refractivity contribution in [2.75, 3.05) is 26.0 Å². The highest BCUT2D eigenvalue weighted by Gasteiger charge is 2.35. The molecule has 1 amide bonds. The van der Waals surface area contributed by atoms with Crippen molar-refractivity contribution >= 4 is 11.6 Å². The normalized spacial score (nSPS) is 14.7. The van der Waals surface area contributed by atoms with Crippen molar-refractivity contribution in [3.8, 4) is 5.75 Å². The van der Waals surface area contributed by atoms with Gasteiger partial charge in [0.1, 0.15) is 5.75 Å². The number of pyridine rings is 1. The zero-order chi connectivity index (χ0) is 18.9. The highest BCUT2D eigenvalue weighted by atomic mass is 19.4. The number of amides is 1. The summed E-state index contributed by atoms with van der Waals surface area (Å²) in [6.45, 7) is 1.63. The fourth-order valence-electron chi connectivity index (χ4n) is 2.91. The molecule has 0 saturated heterocycles. The zero-order valence-electron chi connectivity index (χ0n) is 14.4. The Balaban J connectivity index is 1.83. The van der Waals surface area contributed by atoms with Crippen LogP contribution in [0.25, 0.3) is 0 Å². The first-order valence-electron chi connectivity index (χ1n) is 8.01. The molecule has 5 nitrogen and oxygen atoms in total. The predicted octanol–water partition coefficient (Wildman–Crippen LogP) is 3.35. The van der Waals surface area contributed by atoms with Crippen LogP contribution in [0.2, 0.25) is 0 Å². The van der Waals surface area contributed by atoms with Gasteiger partial charge < -0.3 is 15.0 Å². The van der Waals surface area contributed by atoms with E-state index in [4.69, 9.17) is 4.74 Å². The smallest absolute Gasteiger partial charge is 0.419 e.